The molecule has 4 rings (SSSR count). The quantitative estimate of drug-likeness (QED) is 0.361. The fourth-order valence-corrected chi connectivity index (χ4v) is 13.0. The zero-order chi connectivity index (χ0) is 27.1. The Bertz CT molecular complexity index is 1070. The minimum Gasteiger partial charge on any atom is -0.416 e. The van der Waals surface area contributed by atoms with Gasteiger partial charge in [0.2, 0.25) is 0 Å². The largest absolute Gasteiger partial charge is 0.416 e. The van der Waals surface area contributed by atoms with E-state index in [9.17, 15) is 4.79 Å². The van der Waals surface area contributed by atoms with E-state index in [0.29, 0.717) is 29.0 Å². The SMILES string of the molecule is CC(C)[Si](OC[C@@H]1CN(C)c2ncnc(N(C)Cc3ccccc3)c2C2C1C(=O)[C@H]2C)(C(C)C)C(C)C. The van der Waals surface area contributed by atoms with Gasteiger partial charge in [-0.15, -0.1) is 0 Å². The Morgan fingerprint density at radius 3 is 2.24 bits per heavy atom. The average Bonchev–Trinajstić information content (AvgIpc) is 2.96. The highest BCUT2D eigenvalue weighted by Gasteiger charge is 2.56. The van der Waals surface area contributed by atoms with Crippen molar-refractivity contribution in [1.82, 2.24) is 9.97 Å². The van der Waals surface area contributed by atoms with E-state index in [-0.39, 0.29) is 23.7 Å². The number of aromatic nitrogens is 2. The van der Waals surface area contributed by atoms with Gasteiger partial charge in [0.25, 0.3) is 0 Å². The number of hydrogen-bond donors (Lipinski definition) is 0. The predicted octanol–water partition coefficient (Wildman–Crippen LogP) is 6.29. The summed E-state index contributed by atoms with van der Waals surface area (Å²) in [6.07, 6.45) is 1.68. The van der Waals surface area contributed by atoms with Gasteiger partial charge in [-0.2, -0.15) is 0 Å². The number of fused-ring (bicyclic) bond motifs is 3. The maximum Gasteiger partial charge on any atom is 0.200 e. The number of ketones is 1. The molecule has 1 aliphatic carbocycles. The van der Waals surface area contributed by atoms with Crippen LogP contribution in [0.2, 0.25) is 16.6 Å². The van der Waals surface area contributed by atoms with Crippen LogP contribution in [0.25, 0.3) is 0 Å². The van der Waals surface area contributed by atoms with Gasteiger partial charge in [-0.05, 0) is 22.2 Å². The minimum atomic E-state index is -2.03. The third-order valence-corrected chi connectivity index (χ3v) is 15.2. The van der Waals surface area contributed by atoms with Crippen LogP contribution in [0, 0.1) is 17.8 Å². The Morgan fingerprint density at radius 2 is 1.65 bits per heavy atom. The van der Waals surface area contributed by atoms with Crippen molar-refractivity contribution in [1.29, 1.82) is 0 Å². The smallest absolute Gasteiger partial charge is 0.200 e. The van der Waals surface area contributed by atoms with Crippen molar-refractivity contribution in [2.75, 3.05) is 37.0 Å². The van der Waals surface area contributed by atoms with Crippen molar-refractivity contribution in [2.24, 2.45) is 17.8 Å². The molecule has 1 aromatic heterocycles. The number of benzene rings is 1. The molecule has 1 aromatic carbocycles. The lowest BCUT2D eigenvalue weighted by molar-refractivity contribution is -0.141. The molecule has 1 saturated carbocycles. The van der Waals surface area contributed by atoms with Crippen LogP contribution < -0.4 is 9.80 Å². The Morgan fingerprint density at radius 1 is 1.03 bits per heavy atom. The van der Waals surface area contributed by atoms with E-state index in [1.54, 1.807) is 6.33 Å². The Kier molecular flexibility index (Phi) is 8.15. The number of nitrogens with zero attached hydrogens (tertiary/aromatic N) is 4. The van der Waals surface area contributed by atoms with Gasteiger partial charge in [0, 0.05) is 63.0 Å². The van der Waals surface area contributed by atoms with E-state index >= 15 is 0 Å². The molecule has 2 unspecified atom stereocenters. The van der Waals surface area contributed by atoms with Crippen molar-refractivity contribution in [3.63, 3.8) is 0 Å². The summed E-state index contributed by atoms with van der Waals surface area (Å²) in [5.74, 6) is 2.44. The molecule has 37 heavy (non-hydrogen) atoms. The van der Waals surface area contributed by atoms with Gasteiger partial charge in [0.1, 0.15) is 23.7 Å². The van der Waals surface area contributed by atoms with Crippen molar-refractivity contribution >= 4 is 25.7 Å². The molecule has 0 amide bonds. The van der Waals surface area contributed by atoms with Crippen molar-refractivity contribution in [3.8, 4) is 0 Å². The van der Waals surface area contributed by atoms with Gasteiger partial charge in [-0.3, -0.25) is 4.79 Å². The molecule has 2 aliphatic rings. The molecule has 0 saturated heterocycles. The van der Waals surface area contributed by atoms with Gasteiger partial charge < -0.3 is 14.2 Å². The monoisotopic (exact) mass is 522 g/mol. The summed E-state index contributed by atoms with van der Waals surface area (Å²) in [6, 6.07) is 10.5. The highest BCUT2D eigenvalue weighted by Crippen LogP contribution is 2.55. The predicted molar refractivity (Wildman–Crippen MR) is 155 cm³/mol. The van der Waals surface area contributed by atoms with Crippen LogP contribution in [-0.4, -0.2) is 51.3 Å². The van der Waals surface area contributed by atoms with Crippen LogP contribution in [0.5, 0.6) is 0 Å². The summed E-state index contributed by atoms with van der Waals surface area (Å²) in [6.45, 7) is 18.2. The summed E-state index contributed by atoms with van der Waals surface area (Å²) in [4.78, 5) is 27.4. The molecule has 2 aromatic rings. The van der Waals surface area contributed by atoms with E-state index in [1.165, 1.54) is 5.56 Å². The number of rotatable bonds is 9. The second-order valence-corrected chi connectivity index (χ2v) is 17.7. The molecule has 0 bridgehead atoms. The molecular weight excluding hydrogens is 476 g/mol. The summed E-state index contributed by atoms with van der Waals surface area (Å²) in [7, 11) is 2.17. The van der Waals surface area contributed by atoms with Crippen LogP contribution in [-0.2, 0) is 15.8 Å². The molecule has 7 heteroatoms. The molecule has 4 atom stereocenters. The van der Waals surface area contributed by atoms with Crippen LogP contribution in [0.15, 0.2) is 36.7 Å². The number of anilines is 2. The first-order chi connectivity index (χ1) is 17.5. The van der Waals surface area contributed by atoms with Crippen LogP contribution >= 0.6 is 0 Å². The Balaban J connectivity index is 1.68. The number of carbonyl (C=O) groups excluding carboxylic acids is 1. The first-order valence-electron chi connectivity index (χ1n) is 14.0. The Hall–Kier alpha value is -2.25. The summed E-state index contributed by atoms with van der Waals surface area (Å²) in [5.41, 5.74) is 3.91. The number of carbonyl (C=O) groups is 1. The topological polar surface area (TPSA) is 58.6 Å². The van der Waals surface area contributed by atoms with Crippen LogP contribution in [0.1, 0.15) is 65.5 Å². The molecule has 0 radical (unpaired) electrons. The third kappa shape index (κ3) is 4.85. The molecule has 1 aliphatic heterocycles. The summed E-state index contributed by atoms with van der Waals surface area (Å²) >= 11 is 0. The third-order valence-electron chi connectivity index (χ3n) is 9.13. The van der Waals surface area contributed by atoms with Crippen LogP contribution in [0.3, 0.4) is 0 Å². The van der Waals surface area contributed by atoms with E-state index in [1.807, 2.05) is 6.07 Å². The summed E-state index contributed by atoms with van der Waals surface area (Å²) in [5, 5.41) is 0. The first kappa shape index (κ1) is 27.8. The van der Waals surface area contributed by atoms with Gasteiger partial charge in [0.05, 0.1) is 0 Å². The highest BCUT2D eigenvalue weighted by molar-refractivity contribution is 6.77. The van der Waals surface area contributed by atoms with Gasteiger partial charge >= 0.3 is 0 Å². The summed E-state index contributed by atoms with van der Waals surface area (Å²) < 4.78 is 7.06. The molecule has 202 valence electrons. The second-order valence-electron chi connectivity index (χ2n) is 12.3. The van der Waals surface area contributed by atoms with Gasteiger partial charge in [0.15, 0.2) is 8.32 Å². The van der Waals surface area contributed by atoms with E-state index < -0.39 is 8.32 Å². The van der Waals surface area contributed by atoms with Crippen molar-refractivity contribution < 1.29 is 9.22 Å². The van der Waals surface area contributed by atoms with E-state index in [2.05, 4.69) is 96.6 Å². The zero-order valence-corrected chi connectivity index (χ0v) is 25.2. The van der Waals surface area contributed by atoms with Crippen molar-refractivity contribution in [2.45, 2.75) is 77.6 Å². The zero-order valence-electron chi connectivity index (χ0n) is 24.2. The molecule has 0 N–H and O–H groups in total. The van der Waals surface area contributed by atoms with Gasteiger partial charge in [-0.1, -0.05) is 78.8 Å². The lowest BCUT2D eigenvalue weighted by Gasteiger charge is -2.47. The van der Waals surface area contributed by atoms with E-state index in [4.69, 9.17) is 14.4 Å². The molecule has 2 heterocycles. The first-order valence-corrected chi connectivity index (χ1v) is 16.1. The molecule has 6 nitrogen and oxygen atoms in total. The number of Topliss-reactive ketones (excluding diaryl/α,β-unsaturated/α-hetero) is 1. The lowest BCUT2D eigenvalue weighted by Crippen LogP contribution is -2.53. The number of hydrogen-bond acceptors (Lipinski definition) is 6. The molecular formula is C30H46N4O2Si. The standard InChI is InChI=1S/C30H46N4O2Si/c1-19(2)37(20(3)4,21(5)6)36-17-24-16-34(9)30-27(25-22(7)28(35)26(24)25)29(31-18-32-30)33(8)15-23-13-11-10-12-14-23/h10-14,18-22,24-26H,15-17H2,1-9H3/t22-,24-,25?,26?/m0/s1. The maximum atomic E-state index is 13.5. The van der Waals surface area contributed by atoms with Crippen molar-refractivity contribution in [3.05, 3.63) is 47.8 Å². The maximum absolute atomic E-state index is 13.5. The minimum absolute atomic E-state index is 0.0325. The normalized spacial score (nSPS) is 23.7. The molecule has 0 spiro atoms. The fourth-order valence-electron chi connectivity index (χ4n) is 7.48. The van der Waals surface area contributed by atoms with E-state index in [0.717, 1.165) is 30.3 Å². The van der Waals surface area contributed by atoms with Gasteiger partial charge in [-0.25, -0.2) is 9.97 Å². The lowest BCUT2D eigenvalue weighted by atomic mass is 9.58. The molecule has 1 fully saturated rings. The average molecular weight is 523 g/mol. The second kappa shape index (κ2) is 10.9. The van der Waals surface area contributed by atoms with Crippen LogP contribution in [0.4, 0.5) is 11.6 Å². The fraction of sp³-hybridized carbons (Fsp3) is 0.633. The Labute approximate surface area is 225 Å². The highest BCUT2D eigenvalue weighted by atomic mass is 28.4.